The minimum Gasteiger partial charge on any atom is -0.454 e. The lowest BCUT2D eigenvalue weighted by molar-refractivity contribution is -0.117. The Labute approximate surface area is 161 Å². The second-order valence-corrected chi connectivity index (χ2v) is 7.61. The maximum atomic E-state index is 12.4. The van der Waals surface area contributed by atoms with Crippen LogP contribution in [-0.4, -0.2) is 25.4 Å². The van der Waals surface area contributed by atoms with E-state index in [1.807, 2.05) is 36.2 Å². The van der Waals surface area contributed by atoms with E-state index < -0.39 is 5.97 Å². The van der Waals surface area contributed by atoms with E-state index in [0.29, 0.717) is 10.0 Å². The Hall–Kier alpha value is -2.40. The molecule has 0 unspecified atom stereocenters. The van der Waals surface area contributed by atoms with Gasteiger partial charge in [0, 0.05) is 34.4 Å². The van der Waals surface area contributed by atoms with Gasteiger partial charge in [-0.05, 0) is 39.7 Å². The number of anilines is 1. The van der Waals surface area contributed by atoms with Crippen molar-refractivity contribution in [1.82, 2.24) is 0 Å². The lowest BCUT2D eigenvalue weighted by Crippen LogP contribution is -2.25. The molecule has 3 rings (SSSR count). The van der Waals surface area contributed by atoms with E-state index in [4.69, 9.17) is 4.74 Å². The predicted octanol–water partition coefficient (Wildman–Crippen LogP) is 4.49. The lowest BCUT2D eigenvalue weighted by Gasteiger charge is -2.23. The van der Waals surface area contributed by atoms with Gasteiger partial charge in [-0.15, -0.1) is 0 Å². The van der Waals surface area contributed by atoms with Crippen LogP contribution in [0, 0.1) is 0 Å². The van der Waals surface area contributed by atoms with Crippen molar-refractivity contribution in [2.45, 2.75) is 19.3 Å². The zero-order valence-electron chi connectivity index (χ0n) is 15.0. The number of hydrogen-bond donors (Lipinski definition) is 0. The van der Waals surface area contributed by atoms with Crippen LogP contribution in [0.3, 0.4) is 0 Å². The van der Waals surface area contributed by atoms with E-state index >= 15 is 0 Å². The number of allylic oxidation sites excluding steroid dienone is 1. The quantitative estimate of drug-likeness (QED) is 0.547. The highest BCUT2D eigenvalue weighted by Crippen LogP contribution is 2.46. The molecule has 5 heteroatoms. The van der Waals surface area contributed by atoms with Crippen LogP contribution < -0.4 is 4.90 Å². The van der Waals surface area contributed by atoms with Gasteiger partial charge in [0.25, 0.3) is 0 Å². The fourth-order valence-corrected chi connectivity index (χ4v) is 3.74. The molecule has 2 aromatic carbocycles. The topological polar surface area (TPSA) is 46.6 Å². The molecule has 0 saturated heterocycles. The van der Waals surface area contributed by atoms with Gasteiger partial charge in [-0.25, -0.2) is 4.79 Å². The molecule has 1 aliphatic rings. The molecule has 0 N–H and O–H groups in total. The normalized spacial score (nSPS) is 16.5. The van der Waals surface area contributed by atoms with Crippen molar-refractivity contribution in [2.75, 3.05) is 18.6 Å². The van der Waals surface area contributed by atoms with Gasteiger partial charge in [0.1, 0.15) is 0 Å². The summed E-state index contributed by atoms with van der Waals surface area (Å²) >= 11 is 3.31. The molecule has 2 aromatic rings. The van der Waals surface area contributed by atoms with E-state index in [0.717, 1.165) is 11.4 Å². The monoisotopic (exact) mass is 413 g/mol. The van der Waals surface area contributed by atoms with E-state index in [1.54, 1.807) is 24.3 Å². The van der Waals surface area contributed by atoms with Crippen molar-refractivity contribution in [3.63, 3.8) is 0 Å². The zero-order chi connectivity index (χ0) is 18.9. The van der Waals surface area contributed by atoms with Crippen LogP contribution in [0.2, 0.25) is 0 Å². The van der Waals surface area contributed by atoms with Crippen LogP contribution in [0.4, 0.5) is 5.69 Å². The fourth-order valence-electron chi connectivity index (χ4n) is 3.29. The molecule has 4 nitrogen and oxygen atoms in total. The van der Waals surface area contributed by atoms with Crippen LogP contribution in [0.1, 0.15) is 29.8 Å². The summed E-state index contributed by atoms with van der Waals surface area (Å²) in [6, 6.07) is 15.1. The third-order valence-electron chi connectivity index (χ3n) is 4.68. The highest BCUT2D eigenvalue weighted by atomic mass is 79.9. The summed E-state index contributed by atoms with van der Waals surface area (Å²) < 4.78 is 5.82. The molecular weight excluding hydrogens is 394 g/mol. The van der Waals surface area contributed by atoms with E-state index in [2.05, 4.69) is 35.8 Å². The number of likely N-dealkylation sites (N-methyl/N-ethyl adjacent to an activating group) is 1. The average Bonchev–Trinajstić information content (AvgIpc) is 2.81. The molecule has 26 heavy (non-hydrogen) atoms. The second kappa shape index (κ2) is 7.08. The van der Waals surface area contributed by atoms with Crippen molar-refractivity contribution in [3.05, 3.63) is 75.9 Å². The van der Waals surface area contributed by atoms with Crippen molar-refractivity contribution >= 4 is 33.4 Å². The summed E-state index contributed by atoms with van der Waals surface area (Å²) in [7, 11) is 1.94. The van der Waals surface area contributed by atoms with Gasteiger partial charge in [0.2, 0.25) is 0 Å². The molecule has 1 heterocycles. The Bertz CT molecular complexity index is 902. The number of rotatable bonds is 4. The minimum atomic E-state index is -0.522. The number of halogens is 1. The third-order valence-corrected chi connectivity index (χ3v) is 5.37. The molecule has 0 radical (unpaired) electrons. The Morgan fingerprint density at radius 2 is 1.77 bits per heavy atom. The molecule has 0 spiro atoms. The third kappa shape index (κ3) is 3.31. The SMILES string of the molecule is CN1C(=CC(=O)COC(=O)c2ccccc2Br)C(C)(C)c2ccccc21. The molecule has 0 amide bonds. The van der Waals surface area contributed by atoms with Crippen LogP contribution in [0.15, 0.2) is 64.8 Å². The number of carbonyl (C=O) groups is 2. The molecule has 0 bridgehead atoms. The zero-order valence-corrected chi connectivity index (χ0v) is 16.5. The second-order valence-electron chi connectivity index (χ2n) is 6.75. The first-order valence-electron chi connectivity index (χ1n) is 8.32. The van der Waals surface area contributed by atoms with Crippen LogP contribution in [0.25, 0.3) is 0 Å². The summed E-state index contributed by atoms with van der Waals surface area (Å²) in [4.78, 5) is 26.6. The first-order valence-corrected chi connectivity index (χ1v) is 9.11. The van der Waals surface area contributed by atoms with E-state index in [-0.39, 0.29) is 17.8 Å². The van der Waals surface area contributed by atoms with Crippen molar-refractivity contribution in [1.29, 1.82) is 0 Å². The van der Waals surface area contributed by atoms with Crippen molar-refractivity contribution in [2.24, 2.45) is 0 Å². The Kier molecular flexibility index (Phi) is 5.01. The first kappa shape index (κ1) is 18.4. The summed E-state index contributed by atoms with van der Waals surface area (Å²) in [6.45, 7) is 3.88. The number of benzene rings is 2. The number of para-hydroxylation sites is 1. The average molecular weight is 414 g/mol. The molecule has 0 aliphatic carbocycles. The van der Waals surface area contributed by atoms with Gasteiger partial charge in [-0.3, -0.25) is 4.79 Å². The maximum Gasteiger partial charge on any atom is 0.339 e. The summed E-state index contributed by atoms with van der Waals surface area (Å²) in [5, 5.41) is 0. The molecular formula is C21H20BrNO3. The van der Waals surface area contributed by atoms with Gasteiger partial charge < -0.3 is 9.64 Å². The van der Waals surface area contributed by atoms with Gasteiger partial charge in [-0.2, -0.15) is 0 Å². The van der Waals surface area contributed by atoms with Crippen molar-refractivity contribution in [3.8, 4) is 0 Å². The largest absolute Gasteiger partial charge is 0.454 e. The van der Waals surface area contributed by atoms with E-state index in [1.165, 1.54) is 5.56 Å². The van der Waals surface area contributed by atoms with Gasteiger partial charge >= 0.3 is 5.97 Å². The van der Waals surface area contributed by atoms with Crippen LogP contribution >= 0.6 is 15.9 Å². The summed E-state index contributed by atoms with van der Waals surface area (Å²) in [5.74, 6) is -0.764. The van der Waals surface area contributed by atoms with Gasteiger partial charge in [0.05, 0.1) is 5.56 Å². The Morgan fingerprint density at radius 3 is 2.46 bits per heavy atom. The smallest absolute Gasteiger partial charge is 0.339 e. The van der Waals surface area contributed by atoms with Crippen LogP contribution in [0.5, 0.6) is 0 Å². The first-order chi connectivity index (χ1) is 12.3. The molecule has 0 saturated carbocycles. The molecule has 1 aliphatic heterocycles. The summed E-state index contributed by atoms with van der Waals surface area (Å²) in [6.07, 6.45) is 1.58. The highest BCUT2D eigenvalue weighted by molar-refractivity contribution is 9.10. The minimum absolute atomic E-state index is 0.242. The number of hydrogen-bond acceptors (Lipinski definition) is 4. The summed E-state index contributed by atoms with van der Waals surface area (Å²) in [5.41, 5.74) is 3.26. The predicted molar refractivity (Wildman–Crippen MR) is 105 cm³/mol. The number of ether oxygens (including phenoxy) is 1. The highest BCUT2D eigenvalue weighted by Gasteiger charge is 2.38. The Morgan fingerprint density at radius 1 is 1.12 bits per heavy atom. The van der Waals surface area contributed by atoms with Gasteiger partial charge in [-0.1, -0.05) is 44.2 Å². The number of nitrogens with zero attached hydrogens (tertiary/aromatic N) is 1. The van der Waals surface area contributed by atoms with Gasteiger partial charge in [0.15, 0.2) is 12.4 Å². The Balaban J connectivity index is 1.74. The standard InChI is InChI=1S/C21H20BrNO3/c1-21(2)16-9-5-7-11-18(16)23(3)19(21)12-14(24)13-26-20(25)15-8-4-6-10-17(15)22/h4-12H,13H2,1-3H3. The number of esters is 1. The molecule has 0 aromatic heterocycles. The molecule has 0 fully saturated rings. The number of carbonyl (C=O) groups excluding carboxylic acids is 2. The van der Waals surface area contributed by atoms with E-state index in [9.17, 15) is 9.59 Å². The lowest BCUT2D eigenvalue weighted by atomic mass is 9.83. The fraction of sp³-hybridized carbons (Fsp3) is 0.238. The van der Waals surface area contributed by atoms with Crippen molar-refractivity contribution < 1.29 is 14.3 Å². The van der Waals surface area contributed by atoms with Crippen LogP contribution in [-0.2, 0) is 14.9 Å². The number of fused-ring (bicyclic) bond motifs is 1. The maximum absolute atomic E-state index is 12.4. The number of ketones is 1. The molecule has 0 atom stereocenters. The molecule has 134 valence electrons.